The van der Waals surface area contributed by atoms with E-state index in [-0.39, 0.29) is 0 Å². The van der Waals surface area contributed by atoms with Gasteiger partial charge in [-0.25, -0.2) is 0 Å². The number of benzene rings is 1. The predicted octanol–water partition coefficient (Wildman–Crippen LogP) is 1.46. The van der Waals surface area contributed by atoms with Crippen molar-refractivity contribution in [2.45, 2.75) is 6.54 Å². The molecule has 0 saturated carbocycles. The molecule has 1 N–H and O–H groups in total. The van der Waals surface area contributed by atoms with Crippen molar-refractivity contribution in [3.8, 4) is 11.5 Å². The quantitative estimate of drug-likeness (QED) is 0.687. The van der Waals surface area contributed by atoms with Crippen LogP contribution in [0.25, 0.3) is 0 Å². The topological polar surface area (TPSA) is 30.5 Å². The normalized spacial score (nSPS) is 14.1. The van der Waals surface area contributed by atoms with Gasteiger partial charge in [-0.2, -0.15) is 0 Å². The molecule has 1 aliphatic rings. The zero-order valence-electron chi connectivity index (χ0n) is 7.16. The van der Waals surface area contributed by atoms with Gasteiger partial charge in [0.2, 0.25) is 0 Å². The van der Waals surface area contributed by atoms with Crippen molar-refractivity contribution in [2.75, 3.05) is 7.11 Å². The van der Waals surface area contributed by atoms with E-state index in [9.17, 15) is 0 Å². The van der Waals surface area contributed by atoms with E-state index >= 15 is 0 Å². The molecule has 13 heavy (non-hydrogen) atoms. The summed E-state index contributed by atoms with van der Waals surface area (Å²) >= 11 is 4.88. The second-order valence-electron chi connectivity index (χ2n) is 2.72. The minimum absolute atomic E-state index is 0.428. The third-order valence-corrected chi connectivity index (χ3v) is 2.12. The number of hydrogen-bond acceptors (Lipinski definition) is 3. The van der Waals surface area contributed by atoms with Crippen LogP contribution in [0, 0.1) is 0 Å². The summed E-state index contributed by atoms with van der Waals surface area (Å²) in [5, 5.41) is 3.37. The van der Waals surface area contributed by atoms with Crippen molar-refractivity contribution < 1.29 is 9.47 Å². The van der Waals surface area contributed by atoms with E-state index in [1.165, 1.54) is 0 Å². The Labute approximate surface area is 81.7 Å². The number of nitrogens with one attached hydrogen (secondary N) is 1. The molecule has 0 bridgehead atoms. The summed E-state index contributed by atoms with van der Waals surface area (Å²) in [5.41, 5.74) is 1.06. The molecule has 1 heterocycles. The van der Waals surface area contributed by atoms with Crippen molar-refractivity contribution in [1.82, 2.24) is 5.32 Å². The largest absolute Gasteiger partial charge is 0.497 e. The zero-order valence-corrected chi connectivity index (χ0v) is 7.98. The van der Waals surface area contributed by atoms with Crippen molar-refractivity contribution in [1.29, 1.82) is 0 Å². The summed E-state index contributed by atoms with van der Waals surface area (Å²) in [6.45, 7) is 0.700. The predicted molar refractivity (Wildman–Crippen MR) is 53.1 cm³/mol. The van der Waals surface area contributed by atoms with Gasteiger partial charge in [0.25, 0.3) is 5.17 Å². The van der Waals surface area contributed by atoms with E-state index in [4.69, 9.17) is 21.7 Å². The van der Waals surface area contributed by atoms with Crippen molar-refractivity contribution in [3.05, 3.63) is 23.8 Å². The molecule has 68 valence electrons. The van der Waals surface area contributed by atoms with E-state index in [1.54, 1.807) is 7.11 Å². The third-order valence-electron chi connectivity index (χ3n) is 1.89. The highest BCUT2D eigenvalue weighted by molar-refractivity contribution is 7.80. The number of ether oxygens (including phenoxy) is 2. The fraction of sp³-hybridized carbons (Fsp3) is 0.222. The lowest BCUT2D eigenvalue weighted by Gasteiger charge is -2.19. The highest BCUT2D eigenvalue weighted by Gasteiger charge is 2.13. The molecule has 0 aromatic heterocycles. The van der Waals surface area contributed by atoms with Crippen LogP contribution in [0.15, 0.2) is 18.2 Å². The van der Waals surface area contributed by atoms with E-state index in [2.05, 4.69) is 5.32 Å². The summed E-state index contributed by atoms with van der Waals surface area (Å²) in [7, 11) is 1.64. The Morgan fingerprint density at radius 2 is 2.38 bits per heavy atom. The Hall–Kier alpha value is -1.29. The maximum Gasteiger partial charge on any atom is 0.262 e. The molecule has 2 rings (SSSR count). The molecule has 0 spiro atoms. The Morgan fingerprint density at radius 1 is 1.54 bits per heavy atom. The minimum Gasteiger partial charge on any atom is -0.497 e. The van der Waals surface area contributed by atoms with Crippen LogP contribution < -0.4 is 14.8 Å². The Balaban J connectivity index is 2.36. The minimum atomic E-state index is 0.428. The molecule has 0 fully saturated rings. The van der Waals surface area contributed by atoms with Crippen LogP contribution in [-0.2, 0) is 6.54 Å². The lowest BCUT2D eigenvalue weighted by molar-refractivity contribution is 0.411. The van der Waals surface area contributed by atoms with Gasteiger partial charge in [0.1, 0.15) is 11.5 Å². The molecule has 0 amide bonds. The molecule has 0 saturated heterocycles. The van der Waals surface area contributed by atoms with Crippen LogP contribution in [0.1, 0.15) is 5.56 Å². The number of rotatable bonds is 1. The summed E-state index contributed by atoms with van der Waals surface area (Å²) < 4.78 is 10.4. The summed E-state index contributed by atoms with van der Waals surface area (Å²) in [6.07, 6.45) is 0. The average molecular weight is 195 g/mol. The Bertz CT molecular complexity index is 351. The maximum atomic E-state index is 5.30. The van der Waals surface area contributed by atoms with Crippen molar-refractivity contribution in [2.24, 2.45) is 0 Å². The van der Waals surface area contributed by atoms with Gasteiger partial charge in [0.15, 0.2) is 0 Å². The molecule has 1 aliphatic heterocycles. The van der Waals surface area contributed by atoms with Crippen LogP contribution in [0.2, 0.25) is 0 Å². The van der Waals surface area contributed by atoms with Crippen LogP contribution in [0.5, 0.6) is 11.5 Å². The fourth-order valence-electron chi connectivity index (χ4n) is 1.22. The van der Waals surface area contributed by atoms with E-state index < -0.39 is 0 Å². The monoisotopic (exact) mass is 195 g/mol. The number of thiocarbonyl (C=S) groups is 1. The van der Waals surface area contributed by atoms with E-state index in [1.807, 2.05) is 18.2 Å². The third kappa shape index (κ3) is 1.58. The highest BCUT2D eigenvalue weighted by Crippen LogP contribution is 2.26. The summed E-state index contributed by atoms with van der Waals surface area (Å²) in [4.78, 5) is 0. The van der Waals surface area contributed by atoms with Gasteiger partial charge in [-0.05, 0) is 30.4 Å². The smallest absolute Gasteiger partial charge is 0.262 e. The molecule has 0 unspecified atom stereocenters. The van der Waals surface area contributed by atoms with Gasteiger partial charge in [0.05, 0.1) is 7.11 Å². The lowest BCUT2D eigenvalue weighted by Crippen LogP contribution is -2.30. The van der Waals surface area contributed by atoms with Crippen LogP contribution in [0.4, 0.5) is 0 Å². The number of fused-ring (bicyclic) bond motifs is 1. The Kier molecular flexibility index (Phi) is 2.06. The molecular formula is C9H9NO2S. The lowest BCUT2D eigenvalue weighted by atomic mass is 10.2. The number of hydrogen-bond donors (Lipinski definition) is 1. The number of methoxy groups -OCH3 is 1. The standard InChI is InChI=1S/C9H9NO2S/c1-11-7-2-3-8-6(4-7)5-10-9(13)12-8/h2-4H,5H2,1H3,(H,10,13). The average Bonchev–Trinajstić information content (AvgIpc) is 2.17. The van der Waals surface area contributed by atoms with Gasteiger partial charge in [0, 0.05) is 12.1 Å². The first-order valence-corrected chi connectivity index (χ1v) is 4.33. The summed E-state index contributed by atoms with van der Waals surface area (Å²) in [5.74, 6) is 1.64. The van der Waals surface area contributed by atoms with Crippen LogP contribution in [0.3, 0.4) is 0 Å². The molecule has 1 aromatic rings. The van der Waals surface area contributed by atoms with Gasteiger partial charge in [-0.1, -0.05) is 0 Å². The molecule has 0 radical (unpaired) electrons. The summed E-state index contributed by atoms with van der Waals surface area (Å²) in [6, 6.07) is 5.65. The molecule has 0 atom stereocenters. The molecule has 4 heteroatoms. The first kappa shape index (κ1) is 8.31. The molecule has 1 aromatic carbocycles. The van der Waals surface area contributed by atoms with E-state index in [0.29, 0.717) is 11.7 Å². The van der Waals surface area contributed by atoms with Gasteiger partial charge in [-0.15, -0.1) is 0 Å². The van der Waals surface area contributed by atoms with Crippen LogP contribution >= 0.6 is 12.2 Å². The molecular weight excluding hydrogens is 186 g/mol. The second-order valence-corrected chi connectivity index (χ2v) is 3.09. The van der Waals surface area contributed by atoms with Crippen molar-refractivity contribution in [3.63, 3.8) is 0 Å². The second kappa shape index (κ2) is 3.22. The molecule has 3 nitrogen and oxygen atoms in total. The van der Waals surface area contributed by atoms with Crippen molar-refractivity contribution >= 4 is 17.4 Å². The zero-order chi connectivity index (χ0) is 9.26. The van der Waals surface area contributed by atoms with Gasteiger partial charge < -0.3 is 14.8 Å². The first-order chi connectivity index (χ1) is 6.29. The van der Waals surface area contributed by atoms with E-state index in [0.717, 1.165) is 17.1 Å². The molecule has 0 aliphatic carbocycles. The SMILES string of the molecule is COc1ccc2c(c1)CNC(=S)O2. The van der Waals surface area contributed by atoms with Crippen LogP contribution in [-0.4, -0.2) is 12.3 Å². The van der Waals surface area contributed by atoms with Gasteiger partial charge in [-0.3, -0.25) is 0 Å². The fourth-order valence-corrected chi connectivity index (χ4v) is 1.39. The maximum absolute atomic E-state index is 5.30. The Morgan fingerprint density at radius 3 is 3.15 bits per heavy atom. The van der Waals surface area contributed by atoms with Gasteiger partial charge >= 0.3 is 0 Å². The highest BCUT2D eigenvalue weighted by atomic mass is 32.1. The first-order valence-electron chi connectivity index (χ1n) is 3.92.